The van der Waals surface area contributed by atoms with Crippen LogP contribution < -0.4 is 10.3 Å². The van der Waals surface area contributed by atoms with Gasteiger partial charge in [-0.3, -0.25) is 9.36 Å². The predicted octanol–water partition coefficient (Wildman–Crippen LogP) is 4.83. The van der Waals surface area contributed by atoms with Gasteiger partial charge in [-0.1, -0.05) is 11.8 Å². The van der Waals surface area contributed by atoms with Crippen molar-refractivity contribution in [3.05, 3.63) is 87.1 Å². The molecule has 4 rings (SSSR count). The van der Waals surface area contributed by atoms with E-state index in [2.05, 4.69) is 15.0 Å². The molecule has 0 unspecified atom stereocenters. The first kappa shape index (κ1) is 25.6. The third-order valence-electron chi connectivity index (χ3n) is 4.77. The summed E-state index contributed by atoms with van der Waals surface area (Å²) in [5.74, 6) is -10.1. The van der Waals surface area contributed by atoms with Crippen molar-refractivity contribution in [1.29, 1.82) is 0 Å². The minimum Gasteiger partial charge on any atom is -0.489 e. The normalized spacial score (nSPS) is 12.1. The highest BCUT2D eigenvalue weighted by atomic mass is 32.2. The number of nitrogens with zero attached hydrogens (tertiary/aromatic N) is 1. The summed E-state index contributed by atoms with van der Waals surface area (Å²) < 4.78 is 84.6. The van der Waals surface area contributed by atoms with Crippen molar-refractivity contribution in [2.75, 3.05) is 0 Å². The van der Waals surface area contributed by atoms with Gasteiger partial charge in [0.05, 0.1) is 16.8 Å². The van der Waals surface area contributed by atoms with Gasteiger partial charge in [-0.05, 0) is 29.8 Å². The van der Waals surface area contributed by atoms with Crippen molar-refractivity contribution in [3.8, 4) is 5.75 Å². The lowest BCUT2D eigenvalue weighted by molar-refractivity contribution is 0.279. The molecule has 4 N–H and O–H groups in total. The molecule has 0 saturated carbocycles. The number of hydrogen-bond donors (Lipinski definition) is 4. The molecule has 8 nitrogen and oxygen atoms in total. The zero-order chi connectivity index (χ0) is 26.2. The van der Waals surface area contributed by atoms with Gasteiger partial charge in [0, 0.05) is 16.9 Å². The molecule has 2 heterocycles. The number of fused-ring (bicyclic) bond motifs is 1. The van der Waals surface area contributed by atoms with Gasteiger partial charge in [-0.2, -0.15) is 0 Å². The summed E-state index contributed by atoms with van der Waals surface area (Å²) in [6.45, 7) is -1.02. The van der Waals surface area contributed by atoms with E-state index in [1.165, 1.54) is 30.7 Å². The maximum absolute atomic E-state index is 13.9. The zero-order valence-electron chi connectivity index (χ0n) is 17.6. The molecular formula is C21H13F5N3O5PS. The molecule has 36 heavy (non-hydrogen) atoms. The summed E-state index contributed by atoms with van der Waals surface area (Å²) in [4.78, 5) is 40.5. The van der Waals surface area contributed by atoms with E-state index in [1.807, 2.05) is 0 Å². The Kier molecular flexibility index (Phi) is 7.05. The molecule has 0 bridgehead atoms. The van der Waals surface area contributed by atoms with E-state index in [0.29, 0.717) is 21.1 Å². The maximum atomic E-state index is 13.9. The fraction of sp³-hybridized carbons (Fsp3) is 0.0476. The third-order valence-corrected chi connectivity index (χ3v) is 6.43. The Morgan fingerprint density at radius 2 is 1.67 bits per heavy atom. The Morgan fingerprint density at radius 3 is 2.33 bits per heavy atom. The van der Waals surface area contributed by atoms with Crippen molar-refractivity contribution in [3.63, 3.8) is 0 Å². The number of aromatic amines is 2. The molecule has 0 aliphatic carbocycles. The summed E-state index contributed by atoms with van der Waals surface area (Å²) in [6.07, 6.45) is 3.78. The SMILES string of the molecule is O=c1[nH]cnc2c(Sc3ccc(OCc4c(F)c(F)c(F)c(F)c4F)cc3C=CP(=O)(O)O)c[nH]c12. The van der Waals surface area contributed by atoms with Crippen molar-refractivity contribution in [2.45, 2.75) is 16.4 Å². The molecular weight excluding hydrogens is 532 g/mol. The number of hydrogen-bond acceptors (Lipinski definition) is 5. The van der Waals surface area contributed by atoms with Gasteiger partial charge < -0.3 is 24.5 Å². The third kappa shape index (κ3) is 5.21. The maximum Gasteiger partial charge on any atom is 0.349 e. The van der Waals surface area contributed by atoms with Crippen LogP contribution >= 0.6 is 19.4 Å². The highest BCUT2D eigenvalue weighted by Gasteiger charge is 2.26. The Morgan fingerprint density at radius 1 is 1.00 bits per heavy atom. The molecule has 0 spiro atoms. The van der Waals surface area contributed by atoms with Crippen LogP contribution in [0.25, 0.3) is 17.1 Å². The van der Waals surface area contributed by atoms with E-state index in [9.17, 15) is 41.1 Å². The van der Waals surface area contributed by atoms with Gasteiger partial charge in [0.2, 0.25) is 5.82 Å². The zero-order valence-corrected chi connectivity index (χ0v) is 19.3. The first-order chi connectivity index (χ1) is 17.0. The molecule has 0 fully saturated rings. The second kappa shape index (κ2) is 9.90. The summed E-state index contributed by atoms with van der Waals surface area (Å²) >= 11 is 1.08. The van der Waals surface area contributed by atoms with E-state index in [4.69, 9.17) is 4.74 Å². The predicted molar refractivity (Wildman–Crippen MR) is 119 cm³/mol. The number of aromatic nitrogens is 3. The van der Waals surface area contributed by atoms with Crippen LogP contribution in [-0.4, -0.2) is 24.7 Å². The highest BCUT2D eigenvalue weighted by Crippen LogP contribution is 2.40. The minimum atomic E-state index is -4.59. The summed E-state index contributed by atoms with van der Waals surface area (Å²) in [6, 6.07) is 4.00. The Bertz CT molecular complexity index is 1590. The standard InChI is InChI=1S/C21H13F5N3O5PS/c22-14-11(15(23)17(25)18(26)16(14)24)7-34-10-1-2-12(9(5-10)3-4-35(31,32)33)36-13-6-27-20-19(13)28-8-29-21(20)30/h1-6,8,27H,7H2,(H,28,29,30)(H2,31,32,33). The van der Waals surface area contributed by atoms with Crippen molar-refractivity contribution in [2.24, 2.45) is 0 Å². The van der Waals surface area contributed by atoms with Gasteiger partial charge in [-0.15, -0.1) is 0 Å². The van der Waals surface area contributed by atoms with Crippen molar-refractivity contribution >= 4 is 36.5 Å². The fourth-order valence-electron chi connectivity index (χ4n) is 3.07. The van der Waals surface area contributed by atoms with Crippen molar-refractivity contribution in [1.82, 2.24) is 15.0 Å². The van der Waals surface area contributed by atoms with Crippen LogP contribution in [-0.2, 0) is 11.2 Å². The van der Waals surface area contributed by atoms with Crippen LogP contribution in [0.1, 0.15) is 11.1 Å². The minimum absolute atomic E-state index is 0.0952. The first-order valence-electron chi connectivity index (χ1n) is 9.70. The van der Waals surface area contributed by atoms with E-state index in [-0.39, 0.29) is 16.8 Å². The van der Waals surface area contributed by atoms with Gasteiger partial charge in [0.1, 0.15) is 23.4 Å². The van der Waals surface area contributed by atoms with E-state index < -0.39 is 54.4 Å². The number of nitrogens with one attached hydrogen (secondary N) is 2. The lowest BCUT2D eigenvalue weighted by atomic mass is 10.1. The molecule has 15 heteroatoms. The second-order valence-corrected chi connectivity index (χ2v) is 9.71. The van der Waals surface area contributed by atoms with E-state index in [1.54, 1.807) is 0 Å². The largest absolute Gasteiger partial charge is 0.489 e. The van der Waals surface area contributed by atoms with Crippen LogP contribution in [0.2, 0.25) is 0 Å². The highest BCUT2D eigenvalue weighted by molar-refractivity contribution is 7.99. The lowest BCUT2D eigenvalue weighted by Crippen LogP contribution is -2.09. The van der Waals surface area contributed by atoms with Gasteiger partial charge >= 0.3 is 7.60 Å². The van der Waals surface area contributed by atoms with Crippen LogP contribution in [0.15, 0.2) is 51.1 Å². The molecule has 0 amide bonds. The Balaban J connectivity index is 1.68. The number of halogens is 5. The quantitative estimate of drug-likeness (QED) is 0.113. The molecule has 4 aromatic rings. The number of benzene rings is 2. The number of rotatable bonds is 7. The second-order valence-electron chi connectivity index (χ2n) is 7.15. The molecule has 2 aromatic heterocycles. The molecule has 0 saturated heterocycles. The molecule has 0 radical (unpaired) electrons. The van der Waals surface area contributed by atoms with Gasteiger partial charge in [-0.25, -0.2) is 26.9 Å². The molecule has 0 aliphatic rings. The molecule has 0 aliphatic heterocycles. The van der Waals surface area contributed by atoms with E-state index in [0.717, 1.165) is 17.8 Å². The smallest absolute Gasteiger partial charge is 0.349 e. The first-order valence-corrected chi connectivity index (χ1v) is 12.2. The average Bonchev–Trinajstić information content (AvgIpc) is 3.25. The van der Waals surface area contributed by atoms with Crippen LogP contribution in [0.5, 0.6) is 5.75 Å². The summed E-state index contributed by atoms with van der Waals surface area (Å²) in [5, 5.41) is 0. The number of H-pyrrole nitrogens is 2. The Labute approximate surface area is 202 Å². The van der Waals surface area contributed by atoms with Crippen LogP contribution in [0.3, 0.4) is 0 Å². The lowest BCUT2D eigenvalue weighted by Gasteiger charge is -2.12. The van der Waals surface area contributed by atoms with E-state index >= 15 is 0 Å². The summed E-state index contributed by atoms with van der Waals surface area (Å²) in [5.41, 5.74) is -0.884. The van der Waals surface area contributed by atoms with Crippen LogP contribution in [0, 0.1) is 29.1 Å². The molecule has 2 aromatic carbocycles. The summed E-state index contributed by atoms with van der Waals surface area (Å²) in [7, 11) is -4.59. The van der Waals surface area contributed by atoms with Gasteiger partial charge in [0.25, 0.3) is 5.56 Å². The van der Waals surface area contributed by atoms with Gasteiger partial charge in [0.15, 0.2) is 23.3 Å². The van der Waals surface area contributed by atoms with Crippen molar-refractivity contribution < 1.29 is 41.0 Å². The Hall–Kier alpha value is -3.45. The van der Waals surface area contributed by atoms with Crippen LogP contribution in [0.4, 0.5) is 22.0 Å². The molecule has 188 valence electrons. The molecule has 0 atom stereocenters. The number of ether oxygens (including phenoxy) is 1. The average molecular weight is 545 g/mol. The fourth-order valence-corrected chi connectivity index (χ4v) is 4.41. The monoisotopic (exact) mass is 545 g/mol. The topological polar surface area (TPSA) is 128 Å².